The van der Waals surface area contributed by atoms with Gasteiger partial charge in [0.25, 0.3) is 0 Å². The average Bonchev–Trinajstić information content (AvgIpc) is 3.27. The molecule has 0 unspecified atom stereocenters. The molecule has 1 saturated carbocycles. The molecule has 0 radical (unpaired) electrons. The van der Waals surface area contributed by atoms with Crippen molar-refractivity contribution in [2.24, 2.45) is 5.92 Å². The quantitative estimate of drug-likeness (QED) is 0.334. The Hall–Kier alpha value is -3.34. The van der Waals surface area contributed by atoms with Crippen molar-refractivity contribution in [2.45, 2.75) is 52.1 Å². The van der Waals surface area contributed by atoms with E-state index in [4.69, 9.17) is 14.5 Å². The van der Waals surface area contributed by atoms with Gasteiger partial charge in [-0.05, 0) is 56.4 Å². The molecule has 33 heavy (non-hydrogen) atoms. The van der Waals surface area contributed by atoms with Gasteiger partial charge < -0.3 is 14.5 Å². The second kappa shape index (κ2) is 9.65. The Labute approximate surface area is 195 Å². The van der Waals surface area contributed by atoms with Gasteiger partial charge in [0.15, 0.2) is 17.1 Å². The lowest BCUT2D eigenvalue weighted by molar-refractivity contribution is 0.187. The third kappa shape index (κ3) is 4.87. The van der Waals surface area contributed by atoms with Crippen LogP contribution >= 0.6 is 0 Å². The summed E-state index contributed by atoms with van der Waals surface area (Å²) in [7, 11) is 0. The molecule has 1 aliphatic carbocycles. The minimum Gasteiger partial charge on any atom is -0.489 e. The number of H-pyrrole nitrogens is 1. The van der Waals surface area contributed by atoms with Crippen LogP contribution in [-0.4, -0.2) is 27.7 Å². The zero-order valence-corrected chi connectivity index (χ0v) is 19.4. The fraction of sp³-hybridized carbons (Fsp3) is 0.357. The highest BCUT2D eigenvalue weighted by Crippen LogP contribution is 2.39. The Morgan fingerprint density at radius 3 is 2.58 bits per heavy atom. The zero-order chi connectivity index (χ0) is 22.6. The van der Waals surface area contributed by atoms with Crippen LogP contribution in [0, 0.1) is 5.92 Å². The molecule has 0 bridgehead atoms. The number of hydrogen-bond donors (Lipinski definition) is 1. The molecule has 0 aliphatic heterocycles. The molecule has 1 N–H and O–H groups in total. The van der Waals surface area contributed by atoms with Crippen LogP contribution in [0.1, 0.15) is 46.0 Å². The number of imidazole rings is 1. The number of ether oxygens (including phenoxy) is 2. The Morgan fingerprint density at radius 1 is 0.970 bits per heavy atom. The molecule has 0 atom stereocenters. The van der Waals surface area contributed by atoms with Crippen LogP contribution in [0.25, 0.3) is 33.7 Å². The minimum atomic E-state index is 0.0235. The Bertz CT molecular complexity index is 1210. The molecule has 0 amide bonds. The SMILES string of the molecule is CC(C)Oc1c(OCC2CCCCC2)cccc1-c1nc2cc(-c3ccccc3)cnc2[nH]1. The Balaban J connectivity index is 1.48. The van der Waals surface area contributed by atoms with Gasteiger partial charge in [-0.25, -0.2) is 9.97 Å². The van der Waals surface area contributed by atoms with Crippen LogP contribution in [0.2, 0.25) is 0 Å². The lowest BCUT2D eigenvalue weighted by Gasteiger charge is -2.23. The largest absolute Gasteiger partial charge is 0.489 e. The lowest BCUT2D eigenvalue weighted by Crippen LogP contribution is -2.16. The van der Waals surface area contributed by atoms with Gasteiger partial charge in [0.1, 0.15) is 11.3 Å². The van der Waals surface area contributed by atoms with Gasteiger partial charge in [0.05, 0.1) is 18.3 Å². The maximum Gasteiger partial charge on any atom is 0.172 e. The normalized spacial score (nSPS) is 14.6. The first-order chi connectivity index (χ1) is 16.2. The van der Waals surface area contributed by atoms with Crippen molar-refractivity contribution in [3.05, 3.63) is 60.8 Å². The second-order valence-corrected chi connectivity index (χ2v) is 9.16. The molecule has 5 heteroatoms. The predicted molar refractivity (Wildman–Crippen MR) is 133 cm³/mol. The summed E-state index contributed by atoms with van der Waals surface area (Å²) in [6, 6.07) is 18.4. The topological polar surface area (TPSA) is 60.0 Å². The molecule has 0 saturated heterocycles. The number of aromatic nitrogens is 3. The number of aromatic amines is 1. The maximum atomic E-state index is 6.31. The molecule has 2 heterocycles. The summed E-state index contributed by atoms with van der Waals surface area (Å²) >= 11 is 0. The molecule has 4 aromatic rings. The summed E-state index contributed by atoms with van der Waals surface area (Å²) in [5.74, 6) is 2.89. The number of nitrogens with one attached hydrogen (secondary N) is 1. The standard InChI is InChI=1S/C28H31N3O2/c1-19(2)33-26-23(14-9-15-25(26)32-18-20-10-5-3-6-11-20)27-30-24-16-22(17-29-28(24)31-27)21-12-7-4-8-13-21/h4,7-9,12-17,19-20H,3,5-6,10-11,18H2,1-2H3,(H,29,30,31). The van der Waals surface area contributed by atoms with Gasteiger partial charge in [0.2, 0.25) is 0 Å². The molecule has 1 aliphatic rings. The lowest BCUT2D eigenvalue weighted by atomic mass is 9.90. The van der Waals surface area contributed by atoms with Crippen molar-refractivity contribution < 1.29 is 9.47 Å². The van der Waals surface area contributed by atoms with Crippen LogP contribution in [0.15, 0.2) is 60.8 Å². The third-order valence-corrected chi connectivity index (χ3v) is 6.23. The number of hydrogen-bond acceptors (Lipinski definition) is 4. The second-order valence-electron chi connectivity index (χ2n) is 9.16. The van der Waals surface area contributed by atoms with E-state index in [0.29, 0.717) is 5.92 Å². The highest BCUT2D eigenvalue weighted by atomic mass is 16.5. The summed E-state index contributed by atoms with van der Waals surface area (Å²) in [6.45, 7) is 4.81. The molecule has 1 fully saturated rings. The maximum absolute atomic E-state index is 6.31. The first-order valence-corrected chi connectivity index (χ1v) is 12.0. The van der Waals surface area contributed by atoms with Gasteiger partial charge in [0, 0.05) is 11.8 Å². The van der Waals surface area contributed by atoms with Gasteiger partial charge in [-0.15, -0.1) is 0 Å². The van der Waals surface area contributed by atoms with E-state index in [1.807, 2.05) is 56.4 Å². The van der Waals surface area contributed by atoms with Crippen molar-refractivity contribution in [1.29, 1.82) is 0 Å². The number of pyridine rings is 1. The Kier molecular flexibility index (Phi) is 6.29. The predicted octanol–water partition coefficient (Wildman–Crippen LogP) is 7.04. The first-order valence-electron chi connectivity index (χ1n) is 12.0. The van der Waals surface area contributed by atoms with Crippen LogP contribution in [0.5, 0.6) is 11.5 Å². The molecule has 0 spiro atoms. The monoisotopic (exact) mass is 441 g/mol. The van der Waals surface area contributed by atoms with Crippen LogP contribution in [-0.2, 0) is 0 Å². The van der Waals surface area contributed by atoms with Crippen molar-refractivity contribution in [3.63, 3.8) is 0 Å². The smallest absolute Gasteiger partial charge is 0.172 e. The van der Waals surface area contributed by atoms with E-state index in [1.165, 1.54) is 32.1 Å². The third-order valence-electron chi connectivity index (χ3n) is 6.23. The molecular weight excluding hydrogens is 410 g/mol. The molecule has 5 rings (SSSR count). The summed E-state index contributed by atoms with van der Waals surface area (Å²) in [4.78, 5) is 12.9. The summed E-state index contributed by atoms with van der Waals surface area (Å²) in [6.07, 6.45) is 8.36. The fourth-order valence-electron chi connectivity index (χ4n) is 4.55. The minimum absolute atomic E-state index is 0.0235. The first kappa shape index (κ1) is 21.5. The highest BCUT2D eigenvalue weighted by Gasteiger charge is 2.20. The number of benzene rings is 2. The number of fused-ring (bicyclic) bond motifs is 1. The molecule has 170 valence electrons. The summed E-state index contributed by atoms with van der Waals surface area (Å²) in [5.41, 5.74) is 4.65. The van der Waals surface area contributed by atoms with E-state index in [2.05, 4.69) is 28.2 Å². The van der Waals surface area contributed by atoms with Crippen LogP contribution < -0.4 is 9.47 Å². The Morgan fingerprint density at radius 2 is 1.79 bits per heavy atom. The van der Waals surface area contributed by atoms with Crippen molar-refractivity contribution in [3.8, 4) is 34.0 Å². The van der Waals surface area contributed by atoms with Crippen molar-refractivity contribution in [1.82, 2.24) is 15.0 Å². The van der Waals surface area contributed by atoms with Gasteiger partial charge in [-0.3, -0.25) is 0 Å². The van der Waals surface area contributed by atoms with E-state index in [1.54, 1.807) is 0 Å². The van der Waals surface area contributed by atoms with E-state index in [9.17, 15) is 0 Å². The van der Waals surface area contributed by atoms with Crippen LogP contribution in [0.3, 0.4) is 0 Å². The van der Waals surface area contributed by atoms with Crippen molar-refractivity contribution in [2.75, 3.05) is 6.61 Å². The molecular formula is C28H31N3O2. The van der Waals surface area contributed by atoms with E-state index in [-0.39, 0.29) is 6.10 Å². The van der Waals surface area contributed by atoms with E-state index < -0.39 is 0 Å². The summed E-state index contributed by atoms with van der Waals surface area (Å²) in [5, 5.41) is 0. The van der Waals surface area contributed by atoms with E-state index in [0.717, 1.165) is 51.8 Å². The van der Waals surface area contributed by atoms with Crippen LogP contribution in [0.4, 0.5) is 0 Å². The number of rotatable bonds is 7. The van der Waals surface area contributed by atoms with E-state index >= 15 is 0 Å². The van der Waals surface area contributed by atoms with Crippen molar-refractivity contribution >= 4 is 11.2 Å². The van der Waals surface area contributed by atoms with Gasteiger partial charge in [-0.1, -0.05) is 55.7 Å². The number of nitrogens with zero attached hydrogens (tertiary/aromatic N) is 2. The van der Waals surface area contributed by atoms with Gasteiger partial charge >= 0.3 is 0 Å². The van der Waals surface area contributed by atoms with Gasteiger partial charge in [-0.2, -0.15) is 0 Å². The molecule has 2 aromatic carbocycles. The fourth-order valence-corrected chi connectivity index (χ4v) is 4.55. The molecule has 2 aromatic heterocycles. The zero-order valence-electron chi connectivity index (χ0n) is 19.4. The molecule has 5 nitrogen and oxygen atoms in total. The number of para-hydroxylation sites is 1. The highest BCUT2D eigenvalue weighted by molar-refractivity contribution is 5.82. The average molecular weight is 442 g/mol. The summed E-state index contributed by atoms with van der Waals surface area (Å²) < 4.78 is 12.6.